The van der Waals surface area contributed by atoms with E-state index in [1.165, 1.54) is 24.3 Å². The summed E-state index contributed by atoms with van der Waals surface area (Å²) in [6.45, 7) is 1.78. The van der Waals surface area contributed by atoms with Crippen molar-refractivity contribution in [1.29, 1.82) is 0 Å². The van der Waals surface area contributed by atoms with Gasteiger partial charge >= 0.3 is 0 Å². The van der Waals surface area contributed by atoms with Gasteiger partial charge in [-0.15, -0.1) is 0 Å². The summed E-state index contributed by atoms with van der Waals surface area (Å²) in [6, 6.07) is 6.22. The standard InChI is InChI=1S/C22H14F6/c1-2-3-4-15-19(25)21(27)16(22(28)20(15)26)9-6-12-5-8-14-13(11-12)7-10-17(23)18(14)24/h5,7-8,10-11H,2-4H2,1H3. The third kappa shape index (κ3) is 3.57. The van der Waals surface area contributed by atoms with Gasteiger partial charge in [0.05, 0.1) is 0 Å². The van der Waals surface area contributed by atoms with Gasteiger partial charge in [0.15, 0.2) is 34.9 Å². The van der Waals surface area contributed by atoms with Gasteiger partial charge in [0.1, 0.15) is 5.56 Å². The fourth-order valence-electron chi connectivity index (χ4n) is 2.84. The summed E-state index contributed by atoms with van der Waals surface area (Å²) in [7, 11) is 0. The minimum atomic E-state index is -1.55. The van der Waals surface area contributed by atoms with Crippen molar-refractivity contribution < 1.29 is 26.3 Å². The third-order valence-electron chi connectivity index (χ3n) is 4.37. The predicted molar refractivity (Wildman–Crippen MR) is 94.7 cm³/mol. The van der Waals surface area contributed by atoms with Crippen molar-refractivity contribution in [2.75, 3.05) is 0 Å². The van der Waals surface area contributed by atoms with Crippen molar-refractivity contribution in [2.45, 2.75) is 26.2 Å². The molecule has 0 unspecified atom stereocenters. The first-order chi connectivity index (χ1) is 13.3. The van der Waals surface area contributed by atoms with Crippen LogP contribution < -0.4 is 0 Å². The van der Waals surface area contributed by atoms with Crippen LogP contribution >= 0.6 is 0 Å². The summed E-state index contributed by atoms with van der Waals surface area (Å²) in [5.41, 5.74) is -1.43. The van der Waals surface area contributed by atoms with E-state index in [-0.39, 0.29) is 17.4 Å². The van der Waals surface area contributed by atoms with E-state index in [1.54, 1.807) is 6.92 Å². The van der Waals surface area contributed by atoms with Crippen LogP contribution in [-0.4, -0.2) is 0 Å². The molecular formula is C22H14F6. The number of benzene rings is 3. The summed E-state index contributed by atoms with van der Waals surface area (Å²) in [5.74, 6) is -3.53. The molecule has 0 heterocycles. The fraction of sp³-hybridized carbons (Fsp3) is 0.182. The van der Waals surface area contributed by atoms with Crippen LogP contribution in [0.1, 0.15) is 36.5 Å². The van der Waals surface area contributed by atoms with E-state index in [1.807, 2.05) is 0 Å². The first-order valence-corrected chi connectivity index (χ1v) is 8.59. The Balaban J connectivity index is 2.05. The minimum absolute atomic E-state index is 0.0141. The van der Waals surface area contributed by atoms with Gasteiger partial charge in [-0.25, -0.2) is 26.3 Å². The van der Waals surface area contributed by atoms with E-state index in [2.05, 4.69) is 11.8 Å². The Bertz CT molecular complexity index is 1090. The molecule has 0 amide bonds. The Morgan fingerprint density at radius 3 is 2.07 bits per heavy atom. The second kappa shape index (κ2) is 7.97. The average Bonchev–Trinajstić information content (AvgIpc) is 2.69. The van der Waals surface area contributed by atoms with E-state index < -0.39 is 46.0 Å². The molecule has 0 aliphatic rings. The lowest BCUT2D eigenvalue weighted by Gasteiger charge is -2.08. The van der Waals surface area contributed by atoms with Crippen LogP contribution in [0.5, 0.6) is 0 Å². The molecule has 0 aromatic heterocycles. The molecule has 6 heteroatoms. The highest BCUT2D eigenvalue weighted by Crippen LogP contribution is 2.25. The number of hydrogen-bond donors (Lipinski definition) is 0. The SMILES string of the molecule is CCCCc1c(F)c(F)c(C#Cc2ccc3c(F)c(F)ccc3c2)c(F)c1F. The molecule has 28 heavy (non-hydrogen) atoms. The Kier molecular flexibility index (Phi) is 5.64. The predicted octanol–water partition coefficient (Wildman–Crippen LogP) is 6.42. The average molecular weight is 392 g/mol. The molecule has 0 bridgehead atoms. The summed E-state index contributed by atoms with van der Waals surface area (Å²) in [5, 5.41) is 0.333. The molecule has 0 fully saturated rings. The second-order valence-electron chi connectivity index (χ2n) is 6.26. The van der Waals surface area contributed by atoms with Crippen molar-refractivity contribution >= 4 is 10.8 Å². The molecule has 0 nitrogen and oxygen atoms in total. The van der Waals surface area contributed by atoms with E-state index in [9.17, 15) is 26.3 Å². The number of rotatable bonds is 3. The zero-order chi connectivity index (χ0) is 20.4. The van der Waals surface area contributed by atoms with Crippen molar-refractivity contribution in [1.82, 2.24) is 0 Å². The number of fused-ring (bicyclic) bond motifs is 1. The highest BCUT2D eigenvalue weighted by molar-refractivity contribution is 5.84. The van der Waals surface area contributed by atoms with Crippen molar-refractivity contribution in [3.8, 4) is 11.8 Å². The Labute approximate surface area is 157 Å². The van der Waals surface area contributed by atoms with Crippen molar-refractivity contribution in [3.05, 3.63) is 81.9 Å². The topological polar surface area (TPSA) is 0 Å². The molecule has 3 aromatic rings. The van der Waals surface area contributed by atoms with Gasteiger partial charge < -0.3 is 0 Å². The summed E-state index contributed by atoms with van der Waals surface area (Å²) >= 11 is 0. The molecular weight excluding hydrogens is 378 g/mol. The van der Waals surface area contributed by atoms with E-state index in [4.69, 9.17) is 0 Å². The number of hydrogen-bond acceptors (Lipinski definition) is 0. The van der Waals surface area contributed by atoms with Crippen LogP contribution in [0.3, 0.4) is 0 Å². The molecule has 3 aromatic carbocycles. The minimum Gasteiger partial charge on any atom is -0.204 e. The second-order valence-corrected chi connectivity index (χ2v) is 6.26. The maximum absolute atomic E-state index is 14.2. The van der Waals surface area contributed by atoms with Gasteiger partial charge in [-0.2, -0.15) is 0 Å². The first kappa shape index (κ1) is 19.8. The van der Waals surface area contributed by atoms with Gasteiger partial charge in [0.2, 0.25) is 0 Å². The Hall–Kier alpha value is -2.94. The molecule has 0 radical (unpaired) electrons. The molecule has 0 atom stereocenters. The zero-order valence-corrected chi connectivity index (χ0v) is 14.8. The summed E-state index contributed by atoms with van der Waals surface area (Å²) in [4.78, 5) is 0. The van der Waals surface area contributed by atoms with E-state index in [0.717, 1.165) is 6.07 Å². The smallest absolute Gasteiger partial charge is 0.177 e. The Morgan fingerprint density at radius 1 is 0.750 bits per heavy atom. The normalized spacial score (nSPS) is 10.8. The molecule has 0 spiro atoms. The quantitative estimate of drug-likeness (QED) is 0.274. The largest absolute Gasteiger partial charge is 0.204 e. The van der Waals surface area contributed by atoms with E-state index in [0.29, 0.717) is 18.2 Å². The molecule has 0 aliphatic heterocycles. The van der Waals surface area contributed by atoms with Crippen LogP contribution in [0.25, 0.3) is 10.8 Å². The maximum atomic E-state index is 14.2. The fourth-order valence-corrected chi connectivity index (χ4v) is 2.84. The van der Waals surface area contributed by atoms with E-state index >= 15 is 0 Å². The van der Waals surface area contributed by atoms with Gasteiger partial charge in [0, 0.05) is 16.5 Å². The van der Waals surface area contributed by atoms with Crippen molar-refractivity contribution in [2.24, 2.45) is 0 Å². The van der Waals surface area contributed by atoms with Crippen LogP contribution in [0, 0.1) is 46.7 Å². The highest BCUT2D eigenvalue weighted by atomic mass is 19.2. The van der Waals surface area contributed by atoms with Gasteiger partial charge in [-0.3, -0.25) is 0 Å². The van der Waals surface area contributed by atoms with Gasteiger partial charge in [0.25, 0.3) is 0 Å². The van der Waals surface area contributed by atoms with Gasteiger partial charge in [-0.05, 0) is 36.4 Å². The van der Waals surface area contributed by atoms with Crippen LogP contribution in [0.15, 0.2) is 30.3 Å². The molecule has 0 N–H and O–H groups in total. The summed E-state index contributed by atoms with van der Waals surface area (Å²) in [6.07, 6.45) is 0.866. The lowest BCUT2D eigenvalue weighted by molar-refractivity contribution is 0.434. The zero-order valence-electron chi connectivity index (χ0n) is 14.8. The lowest BCUT2D eigenvalue weighted by atomic mass is 10.0. The number of unbranched alkanes of at least 4 members (excludes halogenated alkanes) is 1. The molecule has 144 valence electrons. The monoisotopic (exact) mass is 392 g/mol. The maximum Gasteiger partial charge on any atom is 0.177 e. The lowest BCUT2D eigenvalue weighted by Crippen LogP contribution is -2.07. The van der Waals surface area contributed by atoms with Gasteiger partial charge in [-0.1, -0.05) is 37.3 Å². The Morgan fingerprint density at radius 2 is 1.43 bits per heavy atom. The number of halogens is 6. The van der Waals surface area contributed by atoms with Crippen LogP contribution in [0.2, 0.25) is 0 Å². The van der Waals surface area contributed by atoms with Crippen molar-refractivity contribution in [3.63, 3.8) is 0 Å². The first-order valence-electron chi connectivity index (χ1n) is 8.59. The molecule has 0 saturated heterocycles. The van der Waals surface area contributed by atoms with Crippen LogP contribution in [-0.2, 0) is 6.42 Å². The highest BCUT2D eigenvalue weighted by Gasteiger charge is 2.24. The molecule has 0 saturated carbocycles. The van der Waals surface area contributed by atoms with Crippen LogP contribution in [0.4, 0.5) is 26.3 Å². The third-order valence-corrected chi connectivity index (χ3v) is 4.37. The molecule has 3 rings (SSSR count). The molecule has 0 aliphatic carbocycles. The summed E-state index contributed by atoms with van der Waals surface area (Å²) < 4.78 is 83.6.